The van der Waals surface area contributed by atoms with Gasteiger partial charge in [0.1, 0.15) is 5.82 Å². The zero-order valence-corrected chi connectivity index (χ0v) is 15.3. The van der Waals surface area contributed by atoms with Crippen molar-refractivity contribution in [3.63, 3.8) is 0 Å². The maximum absolute atomic E-state index is 13.3. The highest BCUT2D eigenvalue weighted by atomic mass is 32.2. The Hall–Kier alpha value is -3.19. The first kappa shape index (κ1) is 18.6. The van der Waals surface area contributed by atoms with Crippen molar-refractivity contribution in [2.24, 2.45) is 0 Å². The number of para-hydroxylation sites is 1. The summed E-state index contributed by atoms with van der Waals surface area (Å²) in [6.45, 7) is 0. The van der Waals surface area contributed by atoms with Crippen LogP contribution in [-0.4, -0.2) is 21.4 Å². The molecule has 0 aliphatic heterocycles. The number of hydrogen-bond acceptors (Lipinski definition) is 3. The second kappa shape index (κ2) is 7.59. The fourth-order valence-corrected chi connectivity index (χ4v) is 3.74. The fraction of sp³-hybridized carbons (Fsp3) is 0.0500. The van der Waals surface area contributed by atoms with E-state index in [4.69, 9.17) is 0 Å². The molecule has 0 aliphatic rings. The Bertz CT molecular complexity index is 1070. The van der Waals surface area contributed by atoms with Gasteiger partial charge in [-0.25, -0.2) is 12.8 Å². The second-order valence-electron chi connectivity index (χ2n) is 5.80. The van der Waals surface area contributed by atoms with Gasteiger partial charge in [0.2, 0.25) is 0 Å². The van der Waals surface area contributed by atoms with Crippen molar-refractivity contribution in [1.29, 1.82) is 0 Å². The third-order valence-electron chi connectivity index (χ3n) is 3.96. The van der Waals surface area contributed by atoms with Gasteiger partial charge in [0, 0.05) is 18.3 Å². The summed E-state index contributed by atoms with van der Waals surface area (Å²) >= 11 is 0. The van der Waals surface area contributed by atoms with Crippen LogP contribution in [0.4, 0.5) is 15.8 Å². The molecule has 1 amide bonds. The molecule has 1 N–H and O–H groups in total. The van der Waals surface area contributed by atoms with Gasteiger partial charge in [-0.15, -0.1) is 0 Å². The van der Waals surface area contributed by atoms with Gasteiger partial charge >= 0.3 is 0 Å². The highest BCUT2D eigenvalue weighted by Crippen LogP contribution is 2.24. The average molecular weight is 384 g/mol. The Morgan fingerprint density at radius 1 is 0.926 bits per heavy atom. The van der Waals surface area contributed by atoms with E-state index < -0.39 is 21.7 Å². The molecular formula is C20H17FN2O3S. The number of carbonyl (C=O) groups excluding carboxylic acids is 1. The molecule has 0 aromatic heterocycles. The van der Waals surface area contributed by atoms with Crippen LogP contribution in [0.15, 0.2) is 83.8 Å². The lowest BCUT2D eigenvalue weighted by Crippen LogP contribution is -2.26. The van der Waals surface area contributed by atoms with Crippen molar-refractivity contribution in [3.8, 4) is 0 Å². The standard InChI is InChI=1S/C20H17FN2O3S/c1-23(18-10-3-2-4-11-18)27(25,26)19-12-6-9-17(14-19)22-20(24)15-7-5-8-16(21)13-15/h2-14H,1H3,(H,22,24). The van der Waals surface area contributed by atoms with Crippen molar-refractivity contribution in [1.82, 2.24) is 0 Å². The first-order valence-corrected chi connectivity index (χ1v) is 9.53. The number of nitrogens with one attached hydrogen (secondary N) is 1. The first-order chi connectivity index (χ1) is 12.9. The summed E-state index contributed by atoms with van der Waals surface area (Å²) in [7, 11) is -2.34. The van der Waals surface area contributed by atoms with Gasteiger partial charge in [-0.05, 0) is 48.5 Å². The lowest BCUT2D eigenvalue weighted by molar-refractivity contribution is 0.102. The Labute approximate surface area is 157 Å². The molecule has 7 heteroatoms. The number of rotatable bonds is 5. The van der Waals surface area contributed by atoms with E-state index >= 15 is 0 Å². The number of sulfonamides is 1. The minimum Gasteiger partial charge on any atom is -0.322 e. The van der Waals surface area contributed by atoms with Crippen molar-refractivity contribution in [2.75, 3.05) is 16.7 Å². The van der Waals surface area contributed by atoms with E-state index in [1.54, 1.807) is 36.4 Å². The van der Waals surface area contributed by atoms with E-state index in [1.165, 1.54) is 47.8 Å². The monoisotopic (exact) mass is 384 g/mol. The zero-order chi connectivity index (χ0) is 19.4. The van der Waals surface area contributed by atoms with Crippen molar-refractivity contribution < 1.29 is 17.6 Å². The molecule has 138 valence electrons. The van der Waals surface area contributed by atoms with Gasteiger partial charge < -0.3 is 5.32 Å². The molecule has 0 spiro atoms. The first-order valence-electron chi connectivity index (χ1n) is 8.09. The average Bonchev–Trinajstić information content (AvgIpc) is 2.68. The highest BCUT2D eigenvalue weighted by molar-refractivity contribution is 7.92. The van der Waals surface area contributed by atoms with E-state index in [2.05, 4.69) is 5.32 Å². The molecule has 0 unspecified atom stereocenters. The van der Waals surface area contributed by atoms with Crippen LogP contribution in [0.2, 0.25) is 0 Å². The number of anilines is 2. The van der Waals surface area contributed by atoms with Crippen LogP contribution >= 0.6 is 0 Å². The van der Waals surface area contributed by atoms with Gasteiger partial charge in [0.05, 0.1) is 10.6 Å². The Morgan fingerprint density at radius 2 is 1.63 bits per heavy atom. The summed E-state index contributed by atoms with van der Waals surface area (Å²) in [5, 5.41) is 2.59. The van der Waals surface area contributed by atoms with Crippen LogP contribution in [0.25, 0.3) is 0 Å². The van der Waals surface area contributed by atoms with Crippen LogP contribution in [-0.2, 0) is 10.0 Å². The molecule has 3 aromatic carbocycles. The molecule has 0 bridgehead atoms. The molecule has 0 saturated carbocycles. The van der Waals surface area contributed by atoms with Crippen LogP contribution in [0.5, 0.6) is 0 Å². The predicted octanol–water partition coefficient (Wildman–Crippen LogP) is 3.90. The summed E-state index contributed by atoms with van der Waals surface area (Å²) in [5.41, 5.74) is 0.961. The molecule has 0 atom stereocenters. The molecule has 0 aliphatic carbocycles. The van der Waals surface area contributed by atoms with Gasteiger partial charge in [0.15, 0.2) is 0 Å². The van der Waals surface area contributed by atoms with Gasteiger partial charge in [-0.3, -0.25) is 9.10 Å². The van der Waals surface area contributed by atoms with Crippen molar-refractivity contribution in [2.45, 2.75) is 4.90 Å². The summed E-state index contributed by atoms with van der Waals surface area (Å²) in [6.07, 6.45) is 0. The topological polar surface area (TPSA) is 66.5 Å². The molecule has 0 radical (unpaired) electrons. The molecule has 0 heterocycles. The second-order valence-corrected chi connectivity index (χ2v) is 7.77. The minimum absolute atomic E-state index is 0.0332. The van der Waals surface area contributed by atoms with Gasteiger partial charge in [0.25, 0.3) is 15.9 Å². The molecule has 3 aromatic rings. The fourth-order valence-electron chi connectivity index (χ4n) is 2.50. The van der Waals surface area contributed by atoms with Crippen LogP contribution in [0, 0.1) is 5.82 Å². The van der Waals surface area contributed by atoms with E-state index in [0.717, 1.165) is 6.07 Å². The highest BCUT2D eigenvalue weighted by Gasteiger charge is 2.21. The number of hydrogen-bond donors (Lipinski definition) is 1. The van der Waals surface area contributed by atoms with Crippen LogP contribution < -0.4 is 9.62 Å². The summed E-state index contributed by atoms with van der Waals surface area (Å²) in [6, 6.07) is 19.8. The van der Waals surface area contributed by atoms with Crippen LogP contribution in [0.3, 0.4) is 0 Å². The maximum atomic E-state index is 13.3. The number of nitrogens with zero attached hydrogens (tertiary/aromatic N) is 1. The summed E-state index contributed by atoms with van der Waals surface area (Å²) in [4.78, 5) is 12.3. The van der Waals surface area contributed by atoms with Gasteiger partial charge in [-0.1, -0.05) is 30.3 Å². The largest absolute Gasteiger partial charge is 0.322 e. The summed E-state index contributed by atoms with van der Waals surface area (Å²) < 4.78 is 40.1. The molecule has 27 heavy (non-hydrogen) atoms. The zero-order valence-electron chi connectivity index (χ0n) is 14.5. The normalized spacial score (nSPS) is 11.0. The maximum Gasteiger partial charge on any atom is 0.264 e. The molecule has 0 saturated heterocycles. The number of benzene rings is 3. The van der Waals surface area contributed by atoms with E-state index in [-0.39, 0.29) is 10.5 Å². The van der Waals surface area contributed by atoms with E-state index in [1.807, 2.05) is 0 Å². The Balaban J connectivity index is 1.86. The van der Waals surface area contributed by atoms with Crippen LogP contribution in [0.1, 0.15) is 10.4 Å². The minimum atomic E-state index is -3.80. The van der Waals surface area contributed by atoms with E-state index in [0.29, 0.717) is 11.4 Å². The third kappa shape index (κ3) is 4.15. The predicted molar refractivity (Wildman–Crippen MR) is 103 cm³/mol. The lowest BCUT2D eigenvalue weighted by Gasteiger charge is -2.19. The molecule has 0 fully saturated rings. The van der Waals surface area contributed by atoms with Crippen molar-refractivity contribution in [3.05, 3.63) is 90.2 Å². The smallest absolute Gasteiger partial charge is 0.264 e. The molecular weight excluding hydrogens is 367 g/mol. The quantitative estimate of drug-likeness (QED) is 0.725. The Kier molecular flexibility index (Phi) is 5.23. The number of halogens is 1. The Morgan fingerprint density at radius 3 is 2.33 bits per heavy atom. The SMILES string of the molecule is CN(c1ccccc1)S(=O)(=O)c1cccc(NC(=O)c2cccc(F)c2)c1. The van der Waals surface area contributed by atoms with Gasteiger partial charge in [-0.2, -0.15) is 0 Å². The number of carbonyl (C=O) groups is 1. The number of amides is 1. The molecule has 3 rings (SSSR count). The molecule has 5 nitrogen and oxygen atoms in total. The van der Waals surface area contributed by atoms with E-state index in [9.17, 15) is 17.6 Å². The lowest BCUT2D eigenvalue weighted by atomic mass is 10.2. The van der Waals surface area contributed by atoms with Crippen molar-refractivity contribution >= 4 is 27.3 Å². The third-order valence-corrected chi connectivity index (χ3v) is 5.74. The summed E-state index contributed by atoms with van der Waals surface area (Å²) in [5.74, 6) is -1.05.